The van der Waals surface area contributed by atoms with Gasteiger partial charge in [0.1, 0.15) is 0 Å². The van der Waals surface area contributed by atoms with Crippen molar-refractivity contribution in [3.63, 3.8) is 0 Å². The Morgan fingerprint density at radius 2 is 1.42 bits per heavy atom. The average molecular weight is 355 g/mol. The van der Waals surface area contributed by atoms with Crippen LogP contribution in [-0.2, 0) is 22.6 Å². The van der Waals surface area contributed by atoms with Gasteiger partial charge in [-0.1, -0.05) is 60.7 Å². The highest BCUT2D eigenvalue weighted by molar-refractivity contribution is 5.76. The summed E-state index contributed by atoms with van der Waals surface area (Å²) in [6.45, 7) is 6.78. The van der Waals surface area contributed by atoms with Crippen LogP contribution in [0.25, 0.3) is 0 Å². The Hall–Kier alpha value is -2.17. The number of hydrogen-bond acceptors (Lipinski definition) is 4. The van der Waals surface area contributed by atoms with E-state index in [1.165, 1.54) is 18.2 Å². The number of carbonyl (C=O) groups excluding carboxylic acids is 1. The molecular formula is C22H29NO3. The summed E-state index contributed by atoms with van der Waals surface area (Å²) < 4.78 is 4.89. The number of ether oxygens (including phenoxy) is 1. The zero-order chi connectivity index (χ0) is 19.2. The third kappa shape index (κ3) is 4.93. The second kappa shape index (κ2) is 8.97. The van der Waals surface area contributed by atoms with Gasteiger partial charge in [0.05, 0.1) is 18.6 Å². The third-order valence-corrected chi connectivity index (χ3v) is 4.94. The Bertz CT molecular complexity index is 644. The predicted octanol–water partition coefficient (Wildman–Crippen LogP) is 3.64. The predicted molar refractivity (Wildman–Crippen MR) is 103 cm³/mol. The molecule has 26 heavy (non-hydrogen) atoms. The van der Waals surface area contributed by atoms with Crippen LogP contribution >= 0.6 is 0 Å². The van der Waals surface area contributed by atoms with E-state index in [1.54, 1.807) is 13.8 Å². The second-order valence-corrected chi connectivity index (χ2v) is 7.27. The normalized spacial score (nSPS) is 14.1. The minimum atomic E-state index is -0.986. The number of carbonyl (C=O) groups is 1. The van der Waals surface area contributed by atoms with Crippen LogP contribution in [0, 0.1) is 5.41 Å². The van der Waals surface area contributed by atoms with Crippen molar-refractivity contribution in [3.8, 4) is 0 Å². The van der Waals surface area contributed by atoms with Crippen molar-refractivity contribution in [3.05, 3.63) is 71.8 Å². The lowest BCUT2D eigenvalue weighted by Crippen LogP contribution is -2.50. The lowest BCUT2D eigenvalue weighted by molar-refractivity contribution is -0.160. The molecule has 0 spiro atoms. The SMILES string of the molecule is COC(=O)C(C)(C)[C@@H](O)[C@H](C)N(Cc1ccccc1)Cc1ccccc1. The van der Waals surface area contributed by atoms with Gasteiger partial charge < -0.3 is 9.84 Å². The van der Waals surface area contributed by atoms with Crippen LogP contribution in [0.5, 0.6) is 0 Å². The molecule has 0 aliphatic rings. The van der Waals surface area contributed by atoms with E-state index in [0.29, 0.717) is 13.1 Å². The monoisotopic (exact) mass is 355 g/mol. The first-order chi connectivity index (χ1) is 12.4. The topological polar surface area (TPSA) is 49.8 Å². The molecule has 0 aliphatic heterocycles. The lowest BCUT2D eigenvalue weighted by Gasteiger charge is -2.38. The zero-order valence-electron chi connectivity index (χ0n) is 16.1. The van der Waals surface area contributed by atoms with Crippen LogP contribution < -0.4 is 0 Å². The van der Waals surface area contributed by atoms with Crippen LogP contribution in [0.15, 0.2) is 60.7 Å². The van der Waals surface area contributed by atoms with Crippen LogP contribution in [0.2, 0.25) is 0 Å². The van der Waals surface area contributed by atoms with Crippen molar-refractivity contribution in [2.24, 2.45) is 5.41 Å². The Labute approximate surface area is 156 Å². The maximum atomic E-state index is 12.1. The molecule has 0 bridgehead atoms. The molecule has 0 fully saturated rings. The maximum Gasteiger partial charge on any atom is 0.313 e. The van der Waals surface area contributed by atoms with Gasteiger partial charge in [-0.25, -0.2) is 0 Å². The quantitative estimate of drug-likeness (QED) is 0.735. The summed E-state index contributed by atoms with van der Waals surface area (Å²) in [5.74, 6) is -0.406. The largest absolute Gasteiger partial charge is 0.469 e. The van der Waals surface area contributed by atoms with Crippen molar-refractivity contribution < 1.29 is 14.6 Å². The molecular weight excluding hydrogens is 326 g/mol. The summed E-state index contributed by atoms with van der Waals surface area (Å²) in [6, 6.07) is 20.1. The molecule has 1 N–H and O–H groups in total. The molecule has 0 saturated heterocycles. The molecule has 0 unspecified atom stereocenters. The second-order valence-electron chi connectivity index (χ2n) is 7.27. The summed E-state index contributed by atoms with van der Waals surface area (Å²) >= 11 is 0. The van der Waals surface area contributed by atoms with Gasteiger partial charge in [-0.2, -0.15) is 0 Å². The van der Waals surface area contributed by atoms with E-state index in [2.05, 4.69) is 29.2 Å². The van der Waals surface area contributed by atoms with Crippen molar-refractivity contribution in [2.45, 2.75) is 46.0 Å². The molecule has 2 aromatic carbocycles. The van der Waals surface area contributed by atoms with Crippen molar-refractivity contribution in [1.29, 1.82) is 0 Å². The highest BCUT2D eigenvalue weighted by Crippen LogP contribution is 2.28. The molecule has 0 saturated carbocycles. The van der Waals surface area contributed by atoms with Gasteiger partial charge in [0.2, 0.25) is 0 Å². The van der Waals surface area contributed by atoms with Crippen LogP contribution in [-0.4, -0.2) is 35.2 Å². The number of methoxy groups -OCH3 is 1. The van der Waals surface area contributed by atoms with Crippen molar-refractivity contribution >= 4 is 5.97 Å². The first-order valence-electron chi connectivity index (χ1n) is 8.94. The van der Waals surface area contributed by atoms with Crippen molar-refractivity contribution in [1.82, 2.24) is 4.90 Å². The molecule has 2 rings (SSSR count). The molecule has 0 aliphatic carbocycles. The van der Waals surface area contributed by atoms with Gasteiger partial charge in [0.25, 0.3) is 0 Å². The van der Waals surface area contributed by atoms with Crippen LogP contribution in [0.3, 0.4) is 0 Å². The molecule has 2 atom stereocenters. The fourth-order valence-electron chi connectivity index (χ4n) is 3.17. The highest BCUT2D eigenvalue weighted by atomic mass is 16.5. The molecule has 0 aromatic heterocycles. The summed E-state index contributed by atoms with van der Waals surface area (Å²) in [5, 5.41) is 10.9. The zero-order valence-corrected chi connectivity index (χ0v) is 16.1. The Morgan fingerprint density at radius 1 is 1.00 bits per heavy atom. The standard InChI is InChI=1S/C22H29NO3/c1-17(20(24)22(2,3)21(25)26-4)23(15-18-11-7-5-8-12-18)16-19-13-9-6-10-14-19/h5-14,17,20,24H,15-16H2,1-4H3/t17-,20-/m0/s1. The van der Waals surface area contributed by atoms with E-state index >= 15 is 0 Å². The number of aliphatic hydroxyl groups excluding tert-OH is 1. The van der Waals surface area contributed by atoms with Crippen molar-refractivity contribution in [2.75, 3.05) is 7.11 Å². The summed E-state index contributed by atoms with van der Waals surface area (Å²) in [7, 11) is 1.35. The summed E-state index contributed by atoms with van der Waals surface area (Å²) in [6.07, 6.45) is -0.859. The van der Waals surface area contributed by atoms with E-state index < -0.39 is 17.5 Å². The fraction of sp³-hybridized carbons (Fsp3) is 0.409. The average Bonchev–Trinajstić information content (AvgIpc) is 2.67. The number of aliphatic hydroxyl groups is 1. The molecule has 0 radical (unpaired) electrons. The molecule has 4 heteroatoms. The number of benzene rings is 2. The van der Waals surface area contributed by atoms with Gasteiger partial charge in [-0.15, -0.1) is 0 Å². The smallest absolute Gasteiger partial charge is 0.313 e. The minimum Gasteiger partial charge on any atom is -0.469 e. The Kier molecular flexibility index (Phi) is 6.95. The summed E-state index contributed by atoms with van der Waals surface area (Å²) in [5.41, 5.74) is 1.34. The molecule has 2 aromatic rings. The summed E-state index contributed by atoms with van der Waals surface area (Å²) in [4.78, 5) is 14.3. The van der Waals surface area contributed by atoms with Gasteiger partial charge in [0, 0.05) is 19.1 Å². The van der Waals surface area contributed by atoms with E-state index in [-0.39, 0.29) is 6.04 Å². The van der Waals surface area contributed by atoms with E-state index in [4.69, 9.17) is 4.74 Å². The Balaban J connectivity index is 2.25. The first-order valence-corrected chi connectivity index (χ1v) is 8.94. The van der Waals surface area contributed by atoms with E-state index in [9.17, 15) is 9.90 Å². The number of hydrogen-bond donors (Lipinski definition) is 1. The maximum absolute atomic E-state index is 12.1. The fourth-order valence-corrected chi connectivity index (χ4v) is 3.17. The molecule has 4 nitrogen and oxygen atoms in total. The third-order valence-electron chi connectivity index (χ3n) is 4.94. The number of esters is 1. The molecule has 140 valence electrons. The molecule has 0 heterocycles. The Morgan fingerprint density at radius 3 is 1.81 bits per heavy atom. The van der Waals surface area contributed by atoms with Gasteiger partial charge in [-0.3, -0.25) is 9.69 Å². The molecule has 0 amide bonds. The lowest BCUT2D eigenvalue weighted by atomic mass is 9.82. The minimum absolute atomic E-state index is 0.232. The van der Waals surface area contributed by atoms with Gasteiger partial charge in [0.15, 0.2) is 0 Å². The number of nitrogens with zero attached hydrogens (tertiary/aromatic N) is 1. The van der Waals surface area contributed by atoms with Gasteiger partial charge >= 0.3 is 5.97 Å². The first kappa shape index (κ1) is 20.1. The number of rotatable bonds is 8. The highest BCUT2D eigenvalue weighted by Gasteiger charge is 2.41. The van der Waals surface area contributed by atoms with Gasteiger partial charge in [-0.05, 0) is 31.9 Å². The van der Waals surface area contributed by atoms with Crippen LogP contribution in [0.1, 0.15) is 31.9 Å². The van der Waals surface area contributed by atoms with E-state index in [0.717, 1.165) is 0 Å². The van der Waals surface area contributed by atoms with Crippen LogP contribution in [0.4, 0.5) is 0 Å². The van der Waals surface area contributed by atoms with E-state index in [1.807, 2.05) is 43.3 Å².